The van der Waals surface area contributed by atoms with E-state index in [0.29, 0.717) is 31.7 Å². The van der Waals surface area contributed by atoms with E-state index in [2.05, 4.69) is 10.3 Å². The van der Waals surface area contributed by atoms with Crippen LogP contribution in [-0.4, -0.2) is 23.5 Å². The van der Waals surface area contributed by atoms with Crippen LogP contribution in [0.15, 0.2) is 34.9 Å². The lowest BCUT2D eigenvalue weighted by Crippen LogP contribution is -2.27. The first-order valence-corrected chi connectivity index (χ1v) is 7.58. The number of aryl methyl sites for hydroxylation is 1. The molecule has 5 nitrogen and oxygen atoms in total. The number of hydrogen-bond donors (Lipinski definition) is 2. The van der Waals surface area contributed by atoms with Gasteiger partial charge in [-0.05, 0) is 32.4 Å². The molecule has 0 saturated heterocycles. The summed E-state index contributed by atoms with van der Waals surface area (Å²) in [6.45, 7) is 4.49. The second-order valence-corrected chi connectivity index (χ2v) is 5.63. The van der Waals surface area contributed by atoms with Gasteiger partial charge in [-0.1, -0.05) is 17.7 Å². The highest BCUT2D eigenvalue weighted by Crippen LogP contribution is 2.19. The van der Waals surface area contributed by atoms with E-state index in [-0.39, 0.29) is 24.4 Å². The van der Waals surface area contributed by atoms with Gasteiger partial charge in [0.2, 0.25) is 11.8 Å². The van der Waals surface area contributed by atoms with E-state index in [9.17, 15) is 4.79 Å². The van der Waals surface area contributed by atoms with E-state index in [1.807, 2.05) is 38.1 Å². The molecule has 1 unspecified atom stereocenters. The summed E-state index contributed by atoms with van der Waals surface area (Å²) in [5.74, 6) is 0.637. The predicted molar refractivity (Wildman–Crippen MR) is 93.5 cm³/mol. The summed E-state index contributed by atoms with van der Waals surface area (Å²) in [5, 5.41) is 2.87. The van der Waals surface area contributed by atoms with Gasteiger partial charge >= 0.3 is 0 Å². The number of oxazole rings is 1. The molecule has 1 aromatic carbocycles. The molecular formula is C17H24ClN3O2. The van der Waals surface area contributed by atoms with E-state index >= 15 is 0 Å². The van der Waals surface area contributed by atoms with Gasteiger partial charge in [0.1, 0.15) is 6.26 Å². The molecule has 0 aliphatic carbocycles. The largest absolute Gasteiger partial charge is 0.444 e. The maximum atomic E-state index is 11.6. The highest BCUT2D eigenvalue weighted by Gasteiger charge is 2.07. The summed E-state index contributed by atoms with van der Waals surface area (Å²) >= 11 is 0. The number of carbonyl (C=O) groups excluding carboxylic acids is 1. The molecule has 1 aromatic heterocycles. The van der Waals surface area contributed by atoms with Crippen LogP contribution in [-0.2, 0) is 11.2 Å². The van der Waals surface area contributed by atoms with Crippen LogP contribution in [0.25, 0.3) is 11.5 Å². The Labute approximate surface area is 143 Å². The molecule has 0 spiro atoms. The number of aromatic nitrogens is 1. The molecule has 2 aromatic rings. The number of nitrogens with two attached hydrogens (primary N) is 1. The summed E-state index contributed by atoms with van der Waals surface area (Å²) < 4.78 is 5.49. The second kappa shape index (κ2) is 9.33. The normalized spacial score (nSPS) is 11.6. The zero-order valence-electron chi connectivity index (χ0n) is 13.5. The van der Waals surface area contributed by atoms with Crippen LogP contribution in [0.4, 0.5) is 0 Å². The number of nitrogens with zero attached hydrogens (tertiary/aromatic N) is 1. The number of nitrogens with one attached hydrogen (secondary N) is 1. The van der Waals surface area contributed by atoms with Gasteiger partial charge in [0.05, 0.1) is 5.69 Å². The number of carbonyl (C=O) groups is 1. The quantitative estimate of drug-likeness (QED) is 0.814. The molecule has 1 heterocycles. The van der Waals surface area contributed by atoms with Crippen LogP contribution >= 0.6 is 12.4 Å². The fraction of sp³-hybridized carbons (Fsp3) is 0.412. The second-order valence-electron chi connectivity index (χ2n) is 5.63. The van der Waals surface area contributed by atoms with Crippen LogP contribution in [0.1, 0.15) is 31.0 Å². The average Bonchev–Trinajstić information content (AvgIpc) is 2.95. The van der Waals surface area contributed by atoms with E-state index in [0.717, 1.165) is 11.3 Å². The topological polar surface area (TPSA) is 81.2 Å². The van der Waals surface area contributed by atoms with Crippen molar-refractivity contribution in [3.05, 3.63) is 41.8 Å². The van der Waals surface area contributed by atoms with Crippen molar-refractivity contribution in [2.75, 3.05) is 6.54 Å². The molecule has 0 fully saturated rings. The highest BCUT2D eigenvalue weighted by atomic mass is 35.5. The SMILES string of the molecule is Cc1ccc(-c2nc(CCNC(=O)CCC(C)N)co2)cc1.Cl. The minimum absolute atomic E-state index is 0. The van der Waals surface area contributed by atoms with Crippen molar-refractivity contribution in [2.45, 2.75) is 39.2 Å². The van der Waals surface area contributed by atoms with Crippen LogP contribution < -0.4 is 11.1 Å². The van der Waals surface area contributed by atoms with Gasteiger partial charge in [-0.3, -0.25) is 4.79 Å². The molecule has 0 saturated carbocycles. The third-order valence-corrected chi connectivity index (χ3v) is 3.38. The Bertz CT molecular complexity index is 609. The third kappa shape index (κ3) is 6.42. The first kappa shape index (κ1) is 19.2. The smallest absolute Gasteiger partial charge is 0.226 e. The lowest BCUT2D eigenvalue weighted by Gasteiger charge is -2.05. The first-order valence-electron chi connectivity index (χ1n) is 7.58. The molecule has 0 bridgehead atoms. The zero-order chi connectivity index (χ0) is 15.9. The standard InChI is InChI=1S/C17H23N3O2.ClH/c1-12-3-6-14(7-4-12)17-20-15(11-22-17)9-10-19-16(21)8-5-13(2)18;/h3-4,6-7,11,13H,5,8-10,18H2,1-2H3,(H,19,21);1H. The summed E-state index contributed by atoms with van der Waals surface area (Å²) in [7, 11) is 0. The Balaban J connectivity index is 0.00000264. The molecule has 0 aliphatic heterocycles. The Hall–Kier alpha value is -1.85. The fourth-order valence-corrected chi connectivity index (χ4v) is 2.03. The van der Waals surface area contributed by atoms with Gasteiger partial charge in [-0.2, -0.15) is 0 Å². The Morgan fingerprint density at radius 1 is 1.35 bits per heavy atom. The van der Waals surface area contributed by atoms with Gasteiger partial charge < -0.3 is 15.5 Å². The van der Waals surface area contributed by atoms with E-state index in [1.54, 1.807) is 6.26 Å². The Morgan fingerprint density at radius 2 is 2.04 bits per heavy atom. The van der Waals surface area contributed by atoms with Crippen molar-refractivity contribution in [1.29, 1.82) is 0 Å². The Kier molecular flexibility index (Phi) is 7.78. The maximum absolute atomic E-state index is 11.6. The summed E-state index contributed by atoms with van der Waals surface area (Å²) in [6, 6.07) is 8.08. The third-order valence-electron chi connectivity index (χ3n) is 3.38. The van der Waals surface area contributed by atoms with Gasteiger partial charge in [-0.15, -0.1) is 12.4 Å². The van der Waals surface area contributed by atoms with Gasteiger partial charge in [0, 0.05) is 31.0 Å². The van der Waals surface area contributed by atoms with Crippen LogP contribution in [0, 0.1) is 6.92 Å². The summed E-state index contributed by atoms with van der Waals surface area (Å²) in [4.78, 5) is 16.0. The maximum Gasteiger partial charge on any atom is 0.226 e. The Morgan fingerprint density at radius 3 is 2.70 bits per heavy atom. The summed E-state index contributed by atoms with van der Waals surface area (Å²) in [6.07, 6.45) is 3.46. The molecule has 1 atom stereocenters. The van der Waals surface area contributed by atoms with Crippen LogP contribution in [0.2, 0.25) is 0 Å². The molecule has 3 N–H and O–H groups in total. The molecule has 23 heavy (non-hydrogen) atoms. The van der Waals surface area contributed by atoms with Crippen molar-refractivity contribution < 1.29 is 9.21 Å². The monoisotopic (exact) mass is 337 g/mol. The van der Waals surface area contributed by atoms with Crippen LogP contribution in [0.5, 0.6) is 0 Å². The number of hydrogen-bond acceptors (Lipinski definition) is 4. The lowest BCUT2D eigenvalue weighted by atomic mass is 10.1. The van der Waals surface area contributed by atoms with E-state index in [1.165, 1.54) is 5.56 Å². The number of halogens is 1. The van der Waals surface area contributed by atoms with Gasteiger partial charge in [0.25, 0.3) is 0 Å². The minimum Gasteiger partial charge on any atom is -0.444 e. The highest BCUT2D eigenvalue weighted by molar-refractivity contribution is 5.85. The molecule has 0 aliphatic rings. The van der Waals surface area contributed by atoms with Gasteiger partial charge in [0.15, 0.2) is 0 Å². The number of rotatable bonds is 7. The average molecular weight is 338 g/mol. The molecule has 1 amide bonds. The first-order chi connectivity index (χ1) is 10.5. The molecule has 2 rings (SSSR count). The van der Waals surface area contributed by atoms with Crippen LogP contribution in [0.3, 0.4) is 0 Å². The van der Waals surface area contributed by atoms with Crippen molar-refractivity contribution in [2.24, 2.45) is 5.73 Å². The molecular weight excluding hydrogens is 314 g/mol. The van der Waals surface area contributed by atoms with E-state index < -0.39 is 0 Å². The molecule has 0 radical (unpaired) electrons. The van der Waals surface area contributed by atoms with Crippen molar-refractivity contribution in [3.63, 3.8) is 0 Å². The molecule has 6 heteroatoms. The zero-order valence-corrected chi connectivity index (χ0v) is 14.4. The number of benzene rings is 1. The molecule has 126 valence electrons. The minimum atomic E-state index is 0. The van der Waals surface area contributed by atoms with Crippen molar-refractivity contribution in [3.8, 4) is 11.5 Å². The fourth-order valence-electron chi connectivity index (χ4n) is 2.03. The summed E-state index contributed by atoms with van der Waals surface area (Å²) in [5.41, 5.74) is 8.62. The lowest BCUT2D eigenvalue weighted by molar-refractivity contribution is -0.121. The number of amides is 1. The van der Waals surface area contributed by atoms with E-state index in [4.69, 9.17) is 10.2 Å². The van der Waals surface area contributed by atoms with Gasteiger partial charge in [-0.25, -0.2) is 4.98 Å². The van der Waals surface area contributed by atoms with Crippen molar-refractivity contribution in [1.82, 2.24) is 10.3 Å². The van der Waals surface area contributed by atoms with Crippen molar-refractivity contribution >= 4 is 18.3 Å². The predicted octanol–water partition coefficient (Wildman–Crippen LogP) is 2.86.